The Bertz CT molecular complexity index is 261. The van der Waals surface area contributed by atoms with Crippen LogP contribution in [0.1, 0.15) is 32.1 Å². The van der Waals surface area contributed by atoms with Crippen LogP contribution in [0.2, 0.25) is 0 Å². The molecule has 3 N–H and O–H groups in total. The SMILES string of the molecule is O=C1CC(NC(=O)NC2CCCC2)CN1. The summed E-state index contributed by atoms with van der Waals surface area (Å²) >= 11 is 0. The van der Waals surface area contributed by atoms with E-state index in [2.05, 4.69) is 16.0 Å². The van der Waals surface area contributed by atoms with Crippen molar-refractivity contribution in [3.8, 4) is 0 Å². The van der Waals surface area contributed by atoms with Gasteiger partial charge in [-0.3, -0.25) is 4.79 Å². The molecular weight excluding hydrogens is 194 g/mol. The van der Waals surface area contributed by atoms with Gasteiger partial charge >= 0.3 is 6.03 Å². The Hall–Kier alpha value is -1.26. The average Bonchev–Trinajstić information content (AvgIpc) is 2.77. The molecule has 3 amide bonds. The van der Waals surface area contributed by atoms with Crippen LogP contribution in [0, 0.1) is 0 Å². The molecule has 1 heterocycles. The molecule has 0 radical (unpaired) electrons. The summed E-state index contributed by atoms with van der Waals surface area (Å²) in [4.78, 5) is 22.4. The van der Waals surface area contributed by atoms with Gasteiger partial charge in [-0.15, -0.1) is 0 Å². The standard InChI is InChI=1S/C10H17N3O2/c14-9-5-8(6-11-9)13-10(15)12-7-3-1-2-4-7/h7-8H,1-6H2,(H,11,14)(H2,12,13,15). The lowest BCUT2D eigenvalue weighted by molar-refractivity contribution is -0.119. The topological polar surface area (TPSA) is 70.2 Å². The van der Waals surface area contributed by atoms with Crippen molar-refractivity contribution in [2.24, 2.45) is 0 Å². The molecule has 15 heavy (non-hydrogen) atoms. The Morgan fingerprint density at radius 2 is 1.87 bits per heavy atom. The van der Waals surface area contributed by atoms with Crippen LogP contribution in [-0.2, 0) is 4.79 Å². The molecule has 1 unspecified atom stereocenters. The second kappa shape index (κ2) is 4.51. The summed E-state index contributed by atoms with van der Waals surface area (Å²) in [7, 11) is 0. The third-order valence-corrected chi connectivity index (χ3v) is 3.00. The smallest absolute Gasteiger partial charge is 0.315 e. The van der Waals surface area contributed by atoms with Crippen molar-refractivity contribution in [1.82, 2.24) is 16.0 Å². The number of hydrogen-bond donors (Lipinski definition) is 3. The normalized spacial score (nSPS) is 26.4. The number of hydrogen-bond acceptors (Lipinski definition) is 2. The van der Waals surface area contributed by atoms with Crippen LogP contribution in [0.5, 0.6) is 0 Å². The van der Waals surface area contributed by atoms with Gasteiger partial charge in [0.05, 0.1) is 6.04 Å². The molecule has 0 spiro atoms. The van der Waals surface area contributed by atoms with E-state index in [1.165, 1.54) is 12.8 Å². The number of nitrogens with one attached hydrogen (secondary N) is 3. The molecule has 1 saturated carbocycles. The van der Waals surface area contributed by atoms with Gasteiger partial charge in [-0.2, -0.15) is 0 Å². The molecule has 1 atom stereocenters. The second-order valence-corrected chi connectivity index (χ2v) is 4.30. The predicted octanol–water partition coefficient (Wildman–Crippen LogP) is 0.117. The summed E-state index contributed by atoms with van der Waals surface area (Å²) in [6.45, 7) is 0.552. The Balaban J connectivity index is 1.70. The molecule has 2 aliphatic rings. The maximum atomic E-state index is 11.5. The number of carbonyl (C=O) groups is 2. The second-order valence-electron chi connectivity index (χ2n) is 4.30. The van der Waals surface area contributed by atoms with E-state index in [0.29, 0.717) is 19.0 Å². The van der Waals surface area contributed by atoms with E-state index in [-0.39, 0.29) is 18.0 Å². The average molecular weight is 211 g/mol. The fraction of sp³-hybridized carbons (Fsp3) is 0.800. The maximum absolute atomic E-state index is 11.5. The van der Waals surface area contributed by atoms with Crippen molar-refractivity contribution in [1.29, 1.82) is 0 Å². The third-order valence-electron chi connectivity index (χ3n) is 3.00. The van der Waals surface area contributed by atoms with Crippen LogP contribution in [-0.4, -0.2) is 30.6 Å². The molecule has 1 aliphatic carbocycles. The summed E-state index contributed by atoms with van der Waals surface area (Å²) < 4.78 is 0. The molecule has 84 valence electrons. The number of amides is 3. The Kier molecular flexibility index (Phi) is 3.08. The molecule has 0 bridgehead atoms. The highest BCUT2D eigenvalue weighted by atomic mass is 16.2. The van der Waals surface area contributed by atoms with Gasteiger partial charge in [-0.05, 0) is 12.8 Å². The van der Waals surface area contributed by atoms with E-state index in [1.807, 2.05) is 0 Å². The van der Waals surface area contributed by atoms with Gasteiger partial charge in [0.2, 0.25) is 5.91 Å². The van der Waals surface area contributed by atoms with Gasteiger partial charge in [-0.25, -0.2) is 4.79 Å². The summed E-state index contributed by atoms with van der Waals surface area (Å²) in [5.41, 5.74) is 0. The summed E-state index contributed by atoms with van der Waals surface area (Å²) in [5.74, 6) is 0.0150. The van der Waals surface area contributed by atoms with Crippen molar-refractivity contribution in [2.45, 2.75) is 44.2 Å². The predicted molar refractivity (Wildman–Crippen MR) is 55.3 cm³/mol. The minimum absolute atomic E-state index is 0.0150. The summed E-state index contributed by atoms with van der Waals surface area (Å²) in [6, 6.07) is 0.150. The third kappa shape index (κ3) is 2.84. The lowest BCUT2D eigenvalue weighted by Crippen LogP contribution is -2.46. The van der Waals surface area contributed by atoms with Crippen LogP contribution in [0.15, 0.2) is 0 Å². The van der Waals surface area contributed by atoms with Gasteiger partial charge in [0.1, 0.15) is 0 Å². The molecular formula is C10H17N3O2. The van der Waals surface area contributed by atoms with Gasteiger partial charge in [0.25, 0.3) is 0 Å². The molecule has 2 fully saturated rings. The fourth-order valence-electron chi connectivity index (χ4n) is 2.19. The van der Waals surface area contributed by atoms with E-state index in [4.69, 9.17) is 0 Å². The van der Waals surface area contributed by atoms with E-state index < -0.39 is 0 Å². The zero-order chi connectivity index (χ0) is 10.7. The van der Waals surface area contributed by atoms with Crippen LogP contribution >= 0.6 is 0 Å². The van der Waals surface area contributed by atoms with Crippen molar-refractivity contribution in [2.75, 3.05) is 6.54 Å². The van der Waals surface area contributed by atoms with E-state index in [1.54, 1.807) is 0 Å². The quantitative estimate of drug-likeness (QED) is 0.607. The first-order valence-corrected chi connectivity index (χ1v) is 5.58. The van der Waals surface area contributed by atoms with Crippen molar-refractivity contribution in [3.05, 3.63) is 0 Å². The molecule has 0 aromatic carbocycles. The highest BCUT2D eigenvalue weighted by Crippen LogP contribution is 2.17. The van der Waals surface area contributed by atoms with Crippen LogP contribution in [0.3, 0.4) is 0 Å². The molecule has 1 saturated heterocycles. The Morgan fingerprint density at radius 3 is 2.47 bits per heavy atom. The molecule has 0 aromatic heterocycles. The van der Waals surface area contributed by atoms with Gasteiger partial charge in [0.15, 0.2) is 0 Å². The minimum atomic E-state index is -0.136. The highest BCUT2D eigenvalue weighted by molar-refractivity contribution is 5.81. The summed E-state index contributed by atoms with van der Waals surface area (Å²) in [5, 5.41) is 8.42. The maximum Gasteiger partial charge on any atom is 0.315 e. The first-order valence-electron chi connectivity index (χ1n) is 5.58. The van der Waals surface area contributed by atoms with E-state index in [0.717, 1.165) is 12.8 Å². The number of rotatable bonds is 2. The molecule has 1 aliphatic heterocycles. The molecule has 2 rings (SSSR count). The molecule has 0 aromatic rings. The zero-order valence-electron chi connectivity index (χ0n) is 8.71. The van der Waals surface area contributed by atoms with Crippen LogP contribution in [0.25, 0.3) is 0 Å². The van der Waals surface area contributed by atoms with Crippen molar-refractivity contribution < 1.29 is 9.59 Å². The number of urea groups is 1. The number of carbonyl (C=O) groups excluding carboxylic acids is 2. The summed E-state index contributed by atoms with van der Waals surface area (Å²) in [6.07, 6.45) is 4.96. The fourth-order valence-corrected chi connectivity index (χ4v) is 2.19. The highest BCUT2D eigenvalue weighted by Gasteiger charge is 2.24. The van der Waals surface area contributed by atoms with Crippen LogP contribution < -0.4 is 16.0 Å². The first-order chi connectivity index (χ1) is 7.24. The van der Waals surface area contributed by atoms with Gasteiger partial charge < -0.3 is 16.0 Å². The van der Waals surface area contributed by atoms with Crippen LogP contribution in [0.4, 0.5) is 4.79 Å². The molecule has 5 heteroatoms. The zero-order valence-corrected chi connectivity index (χ0v) is 8.71. The first kappa shape index (κ1) is 10.3. The Labute approximate surface area is 89.0 Å². The Morgan fingerprint density at radius 1 is 1.20 bits per heavy atom. The van der Waals surface area contributed by atoms with Gasteiger partial charge in [0, 0.05) is 19.0 Å². The largest absolute Gasteiger partial charge is 0.354 e. The lowest BCUT2D eigenvalue weighted by Gasteiger charge is -2.15. The van der Waals surface area contributed by atoms with Crippen molar-refractivity contribution in [3.63, 3.8) is 0 Å². The monoisotopic (exact) mass is 211 g/mol. The lowest BCUT2D eigenvalue weighted by atomic mass is 10.2. The van der Waals surface area contributed by atoms with Gasteiger partial charge in [-0.1, -0.05) is 12.8 Å². The molecule has 5 nitrogen and oxygen atoms in total. The van der Waals surface area contributed by atoms with Crippen molar-refractivity contribution >= 4 is 11.9 Å². The minimum Gasteiger partial charge on any atom is -0.354 e. The van der Waals surface area contributed by atoms with E-state index in [9.17, 15) is 9.59 Å². The van der Waals surface area contributed by atoms with E-state index >= 15 is 0 Å².